The normalized spacial score (nSPS) is 11.4. The number of nitrogens with zero attached hydrogens (tertiary/aromatic N) is 3. The van der Waals surface area contributed by atoms with Crippen LogP contribution in [0.4, 0.5) is 0 Å². The number of guanidine groups is 1. The van der Waals surface area contributed by atoms with Crippen LogP contribution in [0.15, 0.2) is 47.7 Å². The maximum atomic E-state index is 4.63. The number of aliphatic imine (C=N–C) groups is 1. The highest BCUT2D eigenvalue weighted by Crippen LogP contribution is 2.07. The first-order valence-corrected chi connectivity index (χ1v) is 7.33. The average molecular weight is 285 g/mol. The Morgan fingerprint density at radius 3 is 2.81 bits per heavy atom. The van der Waals surface area contributed by atoms with E-state index in [2.05, 4.69) is 58.8 Å². The molecular weight excluding hydrogens is 262 g/mol. The summed E-state index contributed by atoms with van der Waals surface area (Å²) < 4.78 is 1.90. The molecule has 0 aliphatic carbocycles. The monoisotopic (exact) mass is 285 g/mol. The molecule has 5 nitrogen and oxygen atoms in total. The molecule has 0 aliphatic rings. The molecule has 1 aromatic carbocycles. The van der Waals surface area contributed by atoms with Crippen LogP contribution >= 0.6 is 0 Å². The fourth-order valence-electron chi connectivity index (χ4n) is 2.02. The van der Waals surface area contributed by atoms with Gasteiger partial charge in [0.15, 0.2) is 5.96 Å². The number of aryl methyl sites for hydroxylation is 1. The molecule has 0 unspecified atom stereocenters. The van der Waals surface area contributed by atoms with Crippen LogP contribution in [0, 0.1) is 6.92 Å². The molecule has 0 saturated carbocycles. The second kappa shape index (κ2) is 8.09. The summed E-state index contributed by atoms with van der Waals surface area (Å²) in [5.74, 6) is 0.841. The summed E-state index contributed by atoms with van der Waals surface area (Å²) in [5, 5.41) is 10.8. The molecule has 0 atom stereocenters. The first kappa shape index (κ1) is 15.1. The Hall–Kier alpha value is -2.30. The van der Waals surface area contributed by atoms with Crippen molar-refractivity contribution in [3.05, 3.63) is 53.9 Å². The van der Waals surface area contributed by atoms with Crippen LogP contribution in [0.3, 0.4) is 0 Å². The molecule has 0 saturated heterocycles. The number of rotatable bonds is 6. The van der Waals surface area contributed by atoms with E-state index >= 15 is 0 Å². The van der Waals surface area contributed by atoms with Crippen LogP contribution in [0.1, 0.15) is 18.1 Å². The summed E-state index contributed by atoms with van der Waals surface area (Å²) in [6, 6.07) is 10.3. The number of nitrogens with one attached hydrogen (secondary N) is 2. The second-order valence-corrected chi connectivity index (χ2v) is 4.82. The fourth-order valence-corrected chi connectivity index (χ4v) is 2.02. The van der Waals surface area contributed by atoms with E-state index in [0.717, 1.165) is 25.6 Å². The highest BCUT2D eigenvalue weighted by molar-refractivity contribution is 5.79. The van der Waals surface area contributed by atoms with Gasteiger partial charge in [0, 0.05) is 25.5 Å². The molecule has 0 radical (unpaired) electrons. The van der Waals surface area contributed by atoms with Gasteiger partial charge in [0.25, 0.3) is 0 Å². The Kier molecular flexibility index (Phi) is 5.82. The zero-order valence-electron chi connectivity index (χ0n) is 12.7. The molecular formula is C16H23N5. The van der Waals surface area contributed by atoms with Crippen LogP contribution in [0.5, 0.6) is 0 Å². The van der Waals surface area contributed by atoms with Crippen LogP contribution in [-0.2, 0) is 13.1 Å². The van der Waals surface area contributed by atoms with E-state index in [1.807, 2.05) is 16.9 Å². The molecule has 0 fully saturated rings. The minimum atomic E-state index is 0.684. The number of hydrogen-bond donors (Lipinski definition) is 2. The minimum absolute atomic E-state index is 0.684. The molecule has 2 N–H and O–H groups in total. The Bertz CT molecular complexity index is 560. The smallest absolute Gasteiger partial charge is 0.191 e. The maximum absolute atomic E-state index is 4.63. The standard InChI is InChI=1S/C16H23N5/c1-3-17-16(18-10-12-21-11-6-9-20-21)19-13-15-8-5-4-7-14(15)2/h4-9,11H,3,10,12-13H2,1-2H3,(H2,17,18,19). The van der Waals surface area contributed by atoms with Gasteiger partial charge in [-0.05, 0) is 31.0 Å². The Labute approximate surface area is 126 Å². The highest BCUT2D eigenvalue weighted by atomic mass is 15.3. The summed E-state index contributed by atoms with van der Waals surface area (Å²) in [5.41, 5.74) is 2.52. The first-order valence-electron chi connectivity index (χ1n) is 7.33. The Morgan fingerprint density at radius 1 is 1.24 bits per heavy atom. The van der Waals surface area contributed by atoms with Gasteiger partial charge in [-0.25, -0.2) is 4.99 Å². The van der Waals surface area contributed by atoms with E-state index in [0.29, 0.717) is 6.54 Å². The number of aromatic nitrogens is 2. The number of benzene rings is 1. The highest BCUT2D eigenvalue weighted by Gasteiger charge is 1.99. The van der Waals surface area contributed by atoms with Gasteiger partial charge in [0.2, 0.25) is 0 Å². The van der Waals surface area contributed by atoms with Crippen LogP contribution in [0.2, 0.25) is 0 Å². The molecule has 21 heavy (non-hydrogen) atoms. The van der Waals surface area contributed by atoms with Gasteiger partial charge in [-0.3, -0.25) is 4.68 Å². The average Bonchev–Trinajstić information content (AvgIpc) is 2.99. The fraction of sp³-hybridized carbons (Fsp3) is 0.375. The second-order valence-electron chi connectivity index (χ2n) is 4.82. The number of hydrogen-bond acceptors (Lipinski definition) is 2. The molecule has 2 rings (SSSR count). The Morgan fingerprint density at radius 2 is 2.10 bits per heavy atom. The van der Waals surface area contributed by atoms with Gasteiger partial charge < -0.3 is 10.6 Å². The van der Waals surface area contributed by atoms with Gasteiger partial charge in [0.1, 0.15) is 0 Å². The van der Waals surface area contributed by atoms with Crippen molar-refractivity contribution in [3.63, 3.8) is 0 Å². The zero-order valence-corrected chi connectivity index (χ0v) is 12.7. The lowest BCUT2D eigenvalue weighted by Gasteiger charge is -2.11. The van der Waals surface area contributed by atoms with E-state index in [1.165, 1.54) is 11.1 Å². The van der Waals surface area contributed by atoms with Gasteiger partial charge in [-0.15, -0.1) is 0 Å². The topological polar surface area (TPSA) is 54.2 Å². The van der Waals surface area contributed by atoms with Crippen LogP contribution in [0.25, 0.3) is 0 Å². The van der Waals surface area contributed by atoms with Crippen molar-refractivity contribution in [1.82, 2.24) is 20.4 Å². The van der Waals surface area contributed by atoms with Crippen molar-refractivity contribution in [2.75, 3.05) is 13.1 Å². The van der Waals surface area contributed by atoms with E-state index in [1.54, 1.807) is 6.20 Å². The van der Waals surface area contributed by atoms with Crippen LogP contribution in [-0.4, -0.2) is 28.8 Å². The molecule has 0 aliphatic heterocycles. The lowest BCUT2D eigenvalue weighted by molar-refractivity contribution is 0.598. The van der Waals surface area contributed by atoms with Crippen molar-refractivity contribution < 1.29 is 0 Å². The van der Waals surface area contributed by atoms with E-state index < -0.39 is 0 Å². The predicted octanol–water partition coefficient (Wildman–Crippen LogP) is 1.95. The maximum Gasteiger partial charge on any atom is 0.191 e. The third-order valence-electron chi connectivity index (χ3n) is 3.21. The van der Waals surface area contributed by atoms with Gasteiger partial charge in [-0.1, -0.05) is 24.3 Å². The quantitative estimate of drug-likeness (QED) is 0.630. The largest absolute Gasteiger partial charge is 0.357 e. The SMILES string of the molecule is CCNC(=NCc1ccccc1C)NCCn1cccn1. The minimum Gasteiger partial charge on any atom is -0.357 e. The van der Waals surface area contributed by atoms with Crippen molar-refractivity contribution in [3.8, 4) is 0 Å². The van der Waals surface area contributed by atoms with Gasteiger partial charge in [0.05, 0.1) is 13.1 Å². The Balaban J connectivity index is 1.88. The first-order chi connectivity index (χ1) is 10.3. The summed E-state index contributed by atoms with van der Waals surface area (Å²) in [6.07, 6.45) is 3.75. The predicted molar refractivity (Wildman–Crippen MR) is 86.2 cm³/mol. The molecule has 1 heterocycles. The van der Waals surface area contributed by atoms with E-state index in [4.69, 9.17) is 0 Å². The third kappa shape index (κ3) is 4.95. The summed E-state index contributed by atoms with van der Waals surface area (Å²) in [4.78, 5) is 4.63. The summed E-state index contributed by atoms with van der Waals surface area (Å²) in [7, 11) is 0. The molecule has 0 amide bonds. The van der Waals surface area contributed by atoms with Crippen molar-refractivity contribution in [2.24, 2.45) is 4.99 Å². The van der Waals surface area contributed by atoms with Gasteiger partial charge in [-0.2, -0.15) is 5.10 Å². The van der Waals surface area contributed by atoms with Crippen LogP contribution < -0.4 is 10.6 Å². The lowest BCUT2D eigenvalue weighted by Crippen LogP contribution is -2.38. The molecule has 112 valence electrons. The van der Waals surface area contributed by atoms with Crippen molar-refractivity contribution >= 4 is 5.96 Å². The molecule has 1 aromatic heterocycles. The van der Waals surface area contributed by atoms with E-state index in [-0.39, 0.29) is 0 Å². The molecule has 0 spiro atoms. The molecule has 2 aromatic rings. The molecule has 5 heteroatoms. The zero-order chi connectivity index (χ0) is 14.9. The van der Waals surface area contributed by atoms with Crippen molar-refractivity contribution in [1.29, 1.82) is 0 Å². The summed E-state index contributed by atoms with van der Waals surface area (Å²) >= 11 is 0. The lowest BCUT2D eigenvalue weighted by atomic mass is 10.1. The van der Waals surface area contributed by atoms with E-state index in [9.17, 15) is 0 Å². The van der Waals surface area contributed by atoms with Crippen molar-refractivity contribution in [2.45, 2.75) is 26.9 Å². The third-order valence-corrected chi connectivity index (χ3v) is 3.21. The van der Waals surface area contributed by atoms with Gasteiger partial charge >= 0.3 is 0 Å². The summed E-state index contributed by atoms with van der Waals surface area (Å²) in [6.45, 7) is 7.33. The molecule has 0 bridgehead atoms.